The van der Waals surface area contributed by atoms with Gasteiger partial charge in [0.1, 0.15) is 0 Å². The largest absolute Gasteiger partial charge is 0.465 e. The maximum absolute atomic E-state index is 12.0. The molecule has 1 saturated heterocycles. The van der Waals surface area contributed by atoms with Gasteiger partial charge in [0.05, 0.1) is 24.0 Å². The zero-order valence-electron chi connectivity index (χ0n) is 16.1. The summed E-state index contributed by atoms with van der Waals surface area (Å²) in [6.07, 6.45) is 4.01. The molecule has 0 amide bonds. The Kier molecular flexibility index (Phi) is 5.44. The van der Waals surface area contributed by atoms with E-state index in [0.29, 0.717) is 5.56 Å². The molecular formula is C23H25N3O2. The molecule has 1 aliphatic rings. The van der Waals surface area contributed by atoms with Gasteiger partial charge in [-0.05, 0) is 35.9 Å². The topological polar surface area (TPSA) is 37.7 Å². The Bertz CT molecular complexity index is 914. The Morgan fingerprint density at radius 2 is 1.61 bits per heavy atom. The third-order valence-corrected chi connectivity index (χ3v) is 5.24. The van der Waals surface area contributed by atoms with Crippen molar-refractivity contribution >= 4 is 11.7 Å². The molecule has 3 aromatic rings. The van der Waals surface area contributed by atoms with Crippen molar-refractivity contribution in [3.63, 3.8) is 0 Å². The number of methoxy groups -OCH3 is 1. The average molecular weight is 375 g/mol. The normalized spacial score (nSPS) is 14.8. The number of esters is 1. The molecule has 0 N–H and O–H groups in total. The van der Waals surface area contributed by atoms with Gasteiger partial charge in [0.2, 0.25) is 0 Å². The van der Waals surface area contributed by atoms with Gasteiger partial charge in [-0.25, -0.2) is 4.79 Å². The van der Waals surface area contributed by atoms with E-state index in [4.69, 9.17) is 4.74 Å². The summed E-state index contributed by atoms with van der Waals surface area (Å²) in [5.74, 6) is -0.312. The Balaban J connectivity index is 1.52. The van der Waals surface area contributed by atoms with Gasteiger partial charge < -0.3 is 14.2 Å². The van der Waals surface area contributed by atoms with Gasteiger partial charge in [-0.3, -0.25) is 4.90 Å². The average Bonchev–Trinajstić information content (AvgIpc) is 3.29. The standard InChI is InChI=1S/C23H25N3O2/c1-28-23(27)20-9-10-21(22(17-20)25-11-5-6-12-25)26-15-13-24(14-16-26)18-19-7-3-2-4-8-19/h2-12,17H,13-16,18H2,1H3. The van der Waals surface area contributed by atoms with Crippen LogP contribution in [0.5, 0.6) is 0 Å². The highest BCUT2D eigenvalue weighted by Gasteiger charge is 2.21. The van der Waals surface area contributed by atoms with E-state index < -0.39 is 0 Å². The van der Waals surface area contributed by atoms with Crippen LogP contribution in [0, 0.1) is 0 Å². The molecule has 1 aromatic heterocycles. The second-order valence-electron chi connectivity index (χ2n) is 7.03. The zero-order valence-corrected chi connectivity index (χ0v) is 16.1. The van der Waals surface area contributed by atoms with E-state index in [-0.39, 0.29) is 5.97 Å². The third kappa shape index (κ3) is 3.94. The molecule has 0 aliphatic carbocycles. The number of piperazine rings is 1. The van der Waals surface area contributed by atoms with E-state index in [9.17, 15) is 4.79 Å². The predicted molar refractivity (Wildman–Crippen MR) is 111 cm³/mol. The third-order valence-electron chi connectivity index (χ3n) is 5.24. The molecule has 0 atom stereocenters. The first-order valence-corrected chi connectivity index (χ1v) is 9.61. The van der Waals surface area contributed by atoms with Gasteiger partial charge in [0.15, 0.2) is 0 Å². The highest BCUT2D eigenvalue weighted by Crippen LogP contribution is 2.27. The van der Waals surface area contributed by atoms with Gasteiger partial charge in [-0.1, -0.05) is 30.3 Å². The van der Waals surface area contributed by atoms with Gasteiger partial charge in [-0.2, -0.15) is 0 Å². The Hall–Kier alpha value is -3.05. The maximum Gasteiger partial charge on any atom is 0.337 e. The molecule has 2 aromatic carbocycles. The summed E-state index contributed by atoms with van der Waals surface area (Å²) in [7, 11) is 1.41. The van der Waals surface area contributed by atoms with E-state index in [1.54, 1.807) is 0 Å². The summed E-state index contributed by atoms with van der Waals surface area (Å²) in [6.45, 7) is 4.93. The number of hydrogen-bond donors (Lipinski definition) is 0. The number of nitrogens with zero attached hydrogens (tertiary/aromatic N) is 3. The quantitative estimate of drug-likeness (QED) is 0.639. The highest BCUT2D eigenvalue weighted by molar-refractivity contribution is 5.91. The Morgan fingerprint density at radius 1 is 0.893 bits per heavy atom. The first-order valence-electron chi connectivity index (χ1n) is 9.61. The Morgan fingerprint density at radius 3 is 2.29 bits per heavy atom. The van der Waals surface area contributed by atoms with Gasteiger partial charge in [0.25, 0.3) is 0 Å². The van der Waals surface area contributed by atoms with Crippen LogP contribution in [0.15, 0.2) is 73.1 Å². The Labute approximate surface area is 165 Å². The lowest BCUT2D eigenvalue weighted by molar-refractivity contribution is 0.0600. The lowest BCUT2D eigenvalue weighted by atomic mass is 10.1. The molecule has 0 saturated carbocycles. The molecule has 4 rings (SSSR count). The smallest absolute Gasteiger partial charge is 0.337 e. The van der Waals surface area contributed by atoms with Gasteiger partial charge >= 0.3 is 5.97 Å². The first-order chi connectivity index (χ1) is 13.7. The summed E-state index contributed by atoms with van der Waals surface area (Å²) in [6, 6.07) is 20.4. The zero-order chi connectivity index (χ0) is 19.3. The molecule has 28 heavy (non-hydrogen) atoms. The van der Waals surface area contributed by atoms with Crippen molar-refractivity contribution in [3.8, 4) is 5.69 Å². The number of benzene rings is 2. The molecule has 1 fully saturated rings. The van der Waals surface area contributed by atoms with Crippen molar-refractivity contribution in [3.05, 3.63) is 84.2 Å². The highest BCUT2D eigenvalue weighted by atomic mass is 16.5. The van der Waals surface area contributed by atoms with Crippen LogP contribution in [-0.2, 0) is 11.3 Å². The monoisotopic (exact) mass is 375 g/mol. The van der Waals surface area contributed by atoms with E-state index in [1.165, 1.54) is 12.7 Å². The van der Waals surface area contributed by atoms with E-state index in [0.717, 1.165) is 44.1 Å². The van der Waals surface area contributed by atoms with Gasteiger partial charge in [-0.15, -0.1) is 0 Å². The second-order valence-corrected chi connectivity index (χ2v) is 7.03. The number of hydrogen-bond acceptors (Lipinski definition) is 4. The molecule has 0 bridgehead atoms. The molecule has 144 valence electrons. The summed E-state index contributed by atoms with van der Waals surface area (Å²) in [5, 5.41) is 0. The van der Waals surface area contributed by atoms with Crippen molar-refractivity contribution in [2.24, 2.45) is 0 Å². The van der Waals surface area contributed by atoms with Crippen molar-refractivity contribution in [1.29, 1.82) is 0 Å². The summed E-state index contributed by atoms with van der Waals surface area (Å²) in [5.41, 5.74) is 4.07. The number of rotatable bonds is 5. The number of anilines is 1. The number of carbonyl (C=O) groups is 1. The van der Waals surface area contributed by atoms with Crippen molar-refractivity contribution < 1.29 is 9.53 Å². The van der Waals surface area contributed by atoms with Crippen LogP contribution < -0.4 is 4.90 Å². The molecule has 1 aliphatic heterocycles. The van der Waals surface area contributed by atoms with E-state index in [1.807, 2.05) is 42.7 Å². The van der Waals surface area contributed by atoms with Crippen LogP contribution in [0.1, 0.15) is 15.9 Å². The predicted octanol–water partition coefficient (Wildman–Crippen LogP) is 3.59. The van der Waals surface area contributed by atoms with Crippen LogP contribution in [0.2, 0.25) is 0 Å². The molecule has 0 spiro atoms. The fraction of sp³-hybridized carbons (Fsp3) is 0.261. The second kappa shape index (κ2) is 8.31. The minimum Gasteiger partial charge on any atom is -0.465 e. The molecule has 5 nitrogen and oxygen atoms in total. The van der Waals surface area contributed by atoms with Crippen molar-refractivity contribution in [1.82, 2.24) is 9.47 Å². The minimum absolute atomic E-state index is 0.312. The van der Waals surface area contributed by atoms with Crippen LogP contribution >= 0.6 is 0 Å². The lowest BCUT2D eigenvalue weighted by Gasteiger charge is -2.37. The van der Waals surface area contributed by atoms with E-state index in [2.05, 4.69) is 44.7 Å². The van der Waals surface area contributed by atoms with Crippen LogP contribution in [0.3, 0.4) is 0 Å². The summed E-state index contributed by atoms with van der Waals surface area (Å²) < 4.78 is 6.95. The first kappa shape index (κ1) is 18.3. The van der Waals surface area contributed by atoms with Crippen LogP contribution in [-0.4, -0.2) is 48.7 Å². The lowest BCUT2D eigenvalue weighted by Crippen LogP contribution is -2.46. The SMILES string of the molecule is COC(=O)c1ccc(N2CCN(Cc3ccccc3)CC2)c(-n2cccc2)c1. The molecule has 2 heterocycles. The van der Waals surface area contributed by atoms with Gasteiger partial charge in [0, 0.05) is 45.1 Å². The number of carbonyl (C=O) groups excluding carboxylic acids is 1. The summed E-state index contributed by atoms with van der Waals surface area (Å²) in [4.78, 5) is 16.9. The van der Waals surface area contributed by atoms with Crippen molar-refractivity contribution in [2.45, 2.75) is 6.54 Å². The fourth-order valence-corrected chi connectivity index (χ4v) is 3.73. The number of aromatic nitrogens is 1. The van der Waals surface area contributed by atoms with Crippen LogP contribution in [0.25, 0.3) is 5.69 Å². The molecule has 0 unspecified atom stereocenters. The number of ether oxygens (including phenoxy) is 1. The maximum atomic E-state index is 12.0. The van der Waals surface area contributed by atoms with E-state index >= 15 is 0 Å². The van der Waals surface area contributed by atoms with Crippen molar-refractivity contribution in [2.75, 3.05) is 38.2 Å². The fourth-order valence-electron chi connectivity index (χ4n) is 3.73. The minimum atomic E-state index is -0.312. The molecule has 0 radical (unpaired) electrons. The molecular weight excluding hydrogens is 350 g/mol. The van der Waals surface area contributed by atoms with Crippen LogP contribution in [0.4, 0.5) is 5.69 Å². The molecule has 5 heteroatoms. The summed E-state index contributed by atoms with van der Waals surface area (Å²) >= 11 is 0.